The Morgan fingerprint density at radius 2 is 2.16 bits per heavy atom. The van der Waals surface area contributed by atoms with Crippen molar-refractivity contribution in [3.8, 4) is 0 Å². The second kappa shape index (κ2) is 7.84. The highest BCUT2D eigenvalue weighted by molar-refractivity contribution is 7.99. The van der Waals surface area contributed by atoms with Crippen LogP contribution in [0, 0.1) is 6.92 Å². The Morgan fingerprint density at radius 3 is 2.79 bits per heavy atom. The van der Waals surface area contributed by atoms with Gasteiger partial charge in [-0.2, -0.15) is 0 Å². The van der Waals surface area contributed by atoms with E-state index in [1.54, 1.807) is 6.92 Å². The highest BCUT2D eigenvalue weighted by Gasteiger charge is 2.15. The van der Waals surface area contributed by atoms with Crippen molar-refractivity contribution in [1.82, 2.24) is 5.32 Å². The van der Waals surface area contributed by atoms with Crippen molar-refractivity contribution in [3.05, 3.63) is 35.4 Å². The fourth-order valence-electron chi connectivity index (χ4n) is 1.58. The van der Waals surface area contributed by atoms with Crippen molar-refractivity contribution in [2.45, 2.75) is 25.6 Å². The van der Waals surface area contributed by atoms with Gasteiger partial charge in [-0.25, -0.2) is 4.79 Å². The van der Waals surface area contributed by atoms with E-state index in [2.05, 4.69) is 16.1 Å². The number of rotatable bonds is 6. The van der Waals surface area contributed by atoms with Gasteiger partial charge in [0.15, 0.2) is 0 Å². The molecule has 0 saturated carbocycles. The number of amides is 1. The number of aryl methyl sites for hydroxylation is 1. The number of nitrogens with one attached hydrogen (secondary N) is 1. The molecule has 0 saturated heterocycles. The second-order valence-electron chi connectivity index (χ2n) is 4.29. The molecule has 1 aromatic rings. The van der Waals surface area contributed by atoms with Gasteiger partial charge in [0.25, 0.3) is 0 Å². The molecule has 0 aromatic heterocycles. The Balaban J connectivity index is 2.29. The normalized spacial score (nSPS) is 11.7. The van der Waals surface area contributed by atoms with Crippen molar-refractivity contribution in [3.63, 3.8) is 0 Å². The van der Waals surface area contributed by atoms with E-state index in [-0.39, 0.29) is 5.91 Å². The van der Waals surface area contributed by atoms with Crippen LogP contribution in [0.15, 0.2) is 24.3 Å². The summed E-state index contributed by atoms with van der Waals surface area (Å²) in [5.74, 6) is 0.518. The van der Waals surface area contributed by atoms with Crippen LogP contribution >= 0.6 is 11.8 Å². The van der Waals surface area contributed by atoms with Crippen LogP contribution in [0.25, 0.3) is 0 Å². The minimum Gasteiger partial charge on any atom is -0.467 e. The van der Waals surface area contributed by atoms with Gasteiger partial charge in [0.2, 0.25) is 5.91 Å². The zero-order valence-electron chi connectivity index (χ0n) is 11.4. The van der Waals surface area contributed by atoms with Gasteiger partial charge in [-0.1, -0.05) is 29.8 Å². The van der Waals surface area contributed by atoms with Gasteiger partial charge in [0.05, 0.1) is 12.9 Å². The van der Waals surface area contributed by atoms with Gasteiger partial charge in [-0.3, -0.25) is 4.79 Å². The number of ether oxygens (including phenoxy) is 1. The van der Waals surface area contributed by atoms with Crippen LogP contribution in [-0.2, 0) is 20.1 Å². The van der Waals surface area contributed by atoms with Gasteiger partial charge < -0.3 is 10.1 Å². The smallest absolute Gasteiger partial charge is 0.328 e. The van der Waals surface area contributed by atoms with Crippen LogP contribution in [0.2, 0.25) is 0 Å². The van der Waals surface area contributed by atoms with Crippen LogP contribution in [0.5, 0.6) is 0 Å². The molecule has 1 rings (SSSR count). The molecule has 0 aliphatic heterocycles. The SMILES string of the molecule is COC(=O)C(C)NC(=O)CSCc1cccc(C)c1. The number of benzene rings is 1. The number of hydrogen-bond donors (Lipinski definition) is 1. The minimum atomic E-state index is -0.600. The highest BCUT2D eigenvalue weighted by Crippen LogP contribution is 2.13. The number of methoxy groups -OCH3 is 1. The van der Waals surface area contributed by atoms with Crippen LogP contribution in [0.4, 0.5) is 0 Å². The largest absolute Gasteiger partial charge is 0.467 e. The molecule has 1 atom stereocenters. The molecule has 0 heterocycles. The Bertz CT molecular complexity index is 448. The molecule has 0 aliphatic rings. The molecule has 4 nitrogen and oxygen atoms in total. The van der Waals surface area contributed by atoms with Crippen LogP contribution in [-0.4, -0.2) is 30.8 Å². The molecular formula is C14H19NO3S. The minimum absolute atomic E-state index is 0.157. The van der Waals surface area contributed by atoms with Crippen molar-refractivity contribution >= 4 is 23.6 Å². The van der Waals surface area contributed by atoms with E-state index in [0.29, 0.717) is 5.75 Å². The fourth-order valence-corrected chi connectivity index (χ4v) is 2.37. The lowest BCUT2D eigenvalue weighted by molar-refractivity contribution is -0.144. The number of carbonyl (C=O) groups is 2. The lowest BCUT2D eigenvalue weighted by Gasteiger charge is -2.11. The Labute approximate surface area is 117 Å². The maximum atomic E-state index is 11.6. The first-order valence-electron chi connectivity index (χ1n) is 6.03. The van der Waals surface area contributed by atoms with Gasteiger partial charge >= 0.3 is 5.97 Å². The molecule has 19 heavy (non-hydrogen) atoms. The summed E-state index contributed by atoms with van der Waals surface area (Å²) < 4.78 is 4.54. The van der Waals surface area contributed by atoms with Gasteiger partial charge in [0.1, 0.15) is 6.04 Å². The second-order valence-corrected chi connectivity index (χ2v) is 5.28. The fraction of sp³-hybridized carbons (Fsp3) is 0.429. The zero-order valence-corrected chi connectivity index (χ0v) is 12.3. The lowest BCUT2D eigenvalue weighted by atomic mass is 10.2. The molecule has 5 heteroatoms. The van der Waals surface area contributed by atoms with E-state index in [1.165, 1.54) is 30.0 Å². The predicted octanol–water partition coefficient (Wildman–Crippen LogP) is 1.91. The summed E-state index contributed by atoms with van der Waals surface area (Å²) in [4.78, 5) is 22.7. The van der Waals surface area contributed by atoms with E-state index in [0.717, 1.165) is 5.75 Å². The molecule has 1 amide bonds. The molecular weight excluding hydrogens is 262 g/mol. The third-order valence-corrected chi connectivity index (χ3v) is 3.52. The first kappa shape index (κ1) is 15.6. The van der Waals surface area contributed by atoms with E-state index in [9.17, 15) is 9.59 Å². The van der Waals surface area contributed by atoms with E-state index >= 15 is 0 Å². The third kappa shape index (κ3) is 5.79. The summed E-state index contributed by atoms with van der Waals surface area (Å²) in [5.41, 5.74) is 2.40. The first-order chi connectivity index (χ1) is 9.02. The Kier molecular flexibility index (Phi) is 6.42. The number of carbonyl (C=O) groups excluding carboxylic acids is 2. The summed E-state index contributed by atoms with van der Waals surface area (Å²) >= 11 is 1.52. The maximum Gasteiger partial charge on any atom is 0.328 e. The molecule has 0 fully saturated rings. The highest BCUT2D eigenvalue weighted by atomic mass is 32.2. The standard InChI is InChI=1S/C14H19NO3S/c1-10-5-4-6-12(7-10)8-19-9-13(16)15-11(2)14(17)18-3/h4-7,11H,8-9H2,1-3H3,(H,15,16). The van der Waals surface area contributed by atoms with Crippen molar-refractivity contribution in [1.29, 1.82) is 0 Å². The average molecular weight is 281 g/mol. The molecule has 0 aliphatic carbocycles. The van der Waals surface area contributed by atoms with Crippen molar-refractivity contribution < 1.29 is 14.3 Å². The summed E-state index contributed by atoms with van der Waals surface area (Å²) in [5, 5.41) is 2.59. The molecule has 1 aromatic carbocycles. The van der Waals surface area contributed by atoms with Crippen molar-refractivity contribution in [2.75, 3.05) is 12.9 Å². The molecule has 1 N–H and O–H groups in total. The molecule has 1 unspecified atom stereocenters. The Hall–Kier alpha value is -1.49. The van der Waals surface area contributed by atoms with E-state index in [4.69, 9.17) is 0 Å². The van der Waals surface area contributed by atoms with Gasteiger partial charge in [0, 0.05) is 5.75 Å². The zero-order chi connectivity index (χ0) is 14.3. The predicted molar refractivity (Wildman–Crippen MR) is 77.0 cm³/mol. The molecule has 0 spiro atoms. The Morgan fingerprint density at radius 1 is 1.42 bits per heavy atom. The van der Waals surface area contributed by atoms with Gasteiger partial charge in [-0.15, -0.1) is 11.8 Å². The number of hydrogen-bond acceptors (Lipinski definition) is 4. The maximum absolute atomic E-state index is 11.6. The summed E-state index contributed by atoms with van der Waals surface area (Å²) in [6.45, 7) is 3.65. The number of esters is 1. The summed E-state index contributed by atoms with van der Waals surface area (Å²) in [6.07, 6.45) is 0. The summed E-state index contributed by atoms with van der Waals surface area (Å²) in [7, 11) is 1.30. The third-order valence-electron chi connectivity index (χ3n) is 2.52. The van der Waals surface area contributed by atoms with Crippen LogP contribution in [0.1, 0.15) is 18.1 Å². The lowest BCUT2D eigenvalue weighted by Crippen LogP contribution is -2.40. The molecule has 104 valence electrons. The topological polar surface area (TPSA) is 55.4 Å². The molecule has 0 bridgehead atoms. The van der Waals surface area contributed by atoms with Crippen molar-refractivity contribution in [2.24, 2.45) is 0 Å². The quantitative estimate of drug-likeness (QED) is 0.809. The average Bonchev–Trinajstić information content (AvgIpc) is 2.37. The monoisotopic (exact) mass is 281 g/mol. The first-order valence-corrected chi connectivity index (χ1v) is 7.19. The van der Waals surface area contributed by atoms with Gasteiger partial charge in [-0.05, 0) is 19.4 Å². The van der Waals surface area contributed by atoms with Crippen LogP contribution in [0.3, 0.4) is 0 Å². The van der Waals surface area contributed by atoms with E-state index in [1.807, 2.05) is 25.1 Å². The number of thioether (sulfide) groups is 1. The summed E-state index contributed by atoms with van der Waals surface area (Å²) in [6, 6.07) is 7.58. The van der Waals surface area contributed by atoms with E-state index < -0.39 is 12.0 Å². The van der Waals surface area contributed by atoms with Crippen LogP contribution < -0.4 is 5.32 Å². The molecule has 0 radical (unpaired) electrons.